The van der Waals surface area contributed by atoms with Crippen LogP contribution in [0, 0.1) is 5.82 Å². The summed E-state index contributed by atoms with van der Waals surface area (Å²) in [5, 5.41) is 3.31. The van der Waals surface area contributed by atoms with Crippen LogP contribution in [0.1, 0.15) is 37.7 Å². The molecule has 3 heteroatoms. The van der Waals surface area contributed by atoms with Gasteiger partial charge in [-0.05, 0) is 30.5 Å². The Morgan fingerprint density at radius 1 is 1.11 bits per heavy atom. The van der Waals surface area contributed by atoms with Gasteiger partial charge in [0.05, 0.1) is 12.7 Å². The summed E-state index contributed by atoms with van der Waals surface area (Å²) in [6, 6.07) is 6.61. The minimum Gasteiger partial charge on any atom is -0.377 e. The Bertz CT molecular complexity index is 333. The largest absolute Gasteiger partial charge is 0.377 e. The van der Waals surface area contributed by atoms with Crippen LogP contribution in [0.25, 0.3) is 0 Å². The van der Waals surface area contributed by atoms with E-state index in [1.807, 2.05) is 12.1 Å². The fraction of sp³-hybridized carbons (Fsp3) is 0.600. The van der Waals surface area contributed by atoms with Gasteiger partial charge < -0.3 is 10.1 Å². The monoisotopic (exact) mass is 251 g/mol. The highest BCUT2D eigenvalue weighted by atomic mass is 19.1. The number of rotatable bonds is 6. The van der Waals surface area contributed by atoms with Gasteiger partial charge in [0.2, 0.25) is 0 Å². The summed E-state index contributed by atoms with van der Waals surface area (Å²) in [7, 11) is 0. The lowest BCUT2D eigenvalue weighted by atomic mass is 9.98. The van der Waals surface area contributed by atoms with Crippen LogP contribution in [0.2, 0.25) is 0 Å². The molecule has 0 unspecified atom stereocenters. The van der Waals surface area contributed by atoms with Crippen LogP contribution in [-0.4, -0.2) is 19.3 Å². The molecule has 1 aliphatic rings. The maximum absolute atomic E-state index is 12.7. The molecule has 1 N–H and O–H groups in total. The second-order valence-corrected chi connectivity index (χ2v) is 4.93. The van der Waals surface area contributed by atoms with Crippen LogP contribution in [-0.2, 0) is 11.3 Å². The molecule has 0 amide bonds. The lowest BCUT2D eigenvalue weighted by Crippen LogP contribution is -2.24. The molecule has 1 aromatic carbocycles. The van der Waals surface area contributed by atoms with Gasteiger partial charge in [0.25, 0.3) is 0 Å². The molecule has 1 aromatic rings. The van der Waals surface area contributed by atoms with Gasteiger partial charge in [-0.25, -0.2) is 4.39 Å². The van der Waals surface area contributed by atoms with E-state index in [0.29, 0.717) is 6.10 Å². The lowest BCUT2D eigenvalue weighted by molar-refractivity contribution is 0.0302. The zero-order valence-corrected chi connectivity index (χ0v) is 10.8. The first-order valence-corrected chi connectivity index (χ1v) is 6.91. The summed E-state index contributed by atoms with van der Waals surface area (Å²) in [5.74, 6) is -0.181. The zero-order valence-electron chi connectivity index (χ0n) is 10.8. The van der Waals surface area contributed by atoms with E-state index >= 15 is 0 Å². The van der Waals surface area contributed by atoms with Crippen molar-refractivity contribution in [3.63, 3.8) is 0 Å². The molecule has 0 atom stereocenters. The molecule has 0 saturated heterocycles. The molecule has 0 radical (unpaired) electrons. The molecule has 2 nitrogen and oxygen atoms in total. The molecule has 100 valence electrons. The van der Waals surface area contributed by atoms with Crippen LogP contribution in [0.3, 0.4) is 0 Å². The van der Waals surface area contributed by atoms with E-state index in [2.05, 4.69) is 5.32 Å². The van der Waals surface area contributed by atoms with Crippen molar-refractivity contribution >= 4 is 0 Å². The zero-order chi connectivity index (χ0) is 12.6. The molecule has 18 heavy (non-hydrogen) atoms. The average Bonchev–Trinajstić information content (AvgIpc) is 2.42. The summed E-state index contributed by atoms with van der Waals surface area (Å²) in [6.45, 7) is 2.40. The van der Waals surface area contributed by atoms with Gasteiger partial charge in [0.1, 0.15) is 5.82 Å². The van der Waals surface area contributed by atoms with E-state index in [1.165, 1.54) is 44.2 Å². The first kappa shape index (κ1) is 13.5. The Morgan fingerprint density at radius 3 is 2.56 bits per heavy atom. The van der Waals surface area contributed by atoms with Crippen molar-refractivity contribution in [3.8, 4) is 0 Å². The molecule has 0 bridgehead atoms. The Kier molecular flexibility index (Phi) is 5.62. The number of nitrogens with one attached hydrogen (secondary N) is 1. The Balaban J connectivity index is 1.54. The molecular weight excluding hydrogens is 229 g/mol. The van der Waals surface area contributed by atoms with E-state index in [-0.39, 0.29) is 5.82 Å². The minimum absolute atomic E-state index is 0.181. The number of hydrogen-bond donors (Lipinski definition) is 1. The fourth-order valence-corrected chi connectivity index (χ4v) is 2.36. The fourth-order valence-electron chi connectivity index (χ4n) is 2.36. The predicted octanol–water partition coefficient (Wildman–Crippen LogP) is 3.26. The van der Waals surface area contributed by atoms with Crippen molar-refractivity contribution < 1.29 is 9.13 Å². The average molecular weight is 251 g/mol. The summed E-state index contributed by atoms with van der Waals surface area (Å²) >= 11 is 0. The molecule has 1 aliphatic carbocycles. The highest BCUT2D eigenvalue weighted by Crippen LogP contribution is 2.19. The quantitative estimate of drug-likeness (QED) is 0.784. The number of halogens is 1. The molecule has 0 aromatic heterocycles. The first-order chi connectivity index (χ1) is 8.84. The Morgan fingerprint density at radius 2 is 1.83 bits per heavy atom. The number of benzene rings is 1. The van der Waals surface area contributed by atoms with Gasteiger partial charge in [-0.15, -0.1) is 0 Å². The van der Waals surface area contributed by atoms with Crippen LogP contribution in [0.15, 0.2) is 24.3 Å². The SMILES string of the molecule is Fc1ccc(CNCCOC2CCCCC2)cc1. The predicted molar refractivity (Wildman–Crippen MR) is 70.9 cm³/mol. The van der Waals surface area contributed by atoms with Gasteiger partial charge in [-0.3, -0.25) is 0 Å². The molecule has 0 heterocycles. The molecule has 1 saturated carbocycles. The molecule has 2 rings (SSSR count). The summed E-state index contributed by atoms with van der Waals surface area (Å²) in [4.78, 5) is 0. The minimum atomic E-state index is -0.181. The highest BCUT2D eigenvalue weighted by Gasteiger charge is 2.12. The topological polar surface area (TPSA) is 21.3 Å². The van der Waals surface area contributed by atoms with Gasteiger partial charge in [-0.2, -0.15) is 0 Å². The van der Waals surface area contributed by atoms with Crippen molar-refractivity contribution in [1.82, 2.24) is 5.32 Å². The second kappa shape index (κ2) is 7.49. The number of hydrogen-bond acceptors (Lipinski definition) is 2. The molecule has 0 aliphatic heterocycles. The van der Waals surface area contributed by atoms with Crippen molar-refractivity contribution in [3.05, 3.63) is 35.6 Å². The Labute approximate surface area is 109 Å². The molecule has 0 spiro atoms. The van der Waals surface area contributed by atoms with Crippen molar-refractivity contribution in [2.45, 2.75) is 44.8 Å². The smallest absolute Gasteiger partial charge is 0.123 e. The maximum Gasteiger partial charge on any atom is 0.123 e. The van der Waals surface area contributed by atoms with E-state index in [9.17, 15) is 4.39 Å². The van der Waals surface area contributed by atoms with Gasteiger partial charge in [-0.1, -0.05) is 31.4 Å². The van der Waals surface area contributed by atoms with Crippen molar-refractivity contribution in [1.29, 1.82) is 0 Å². The van der Waals surface area contributed by atoms with Gasteiger partial charge >= 0.3 is 0 Å². The summed E-state index contributed by atoms with van der Waals surface area (Å²) < 4.78 is 18.5. The summed E-state index contributed by atoms with van der Waals surface area (Å²) in [5.41, 5.74) is 1.11. The van der Waals surface area contributed by atoms with E-state index < -0.39 is 0 Å². The van der Waals surface area contributed by atoms with E-state index in [4.69, 9.17) is 4.74 Å². The van der Waals surface area contributed by atoms with Crippen LogP contribution < -0.4 is 5.32 Å². The second-order valence-electron chi connectivity index (χ2n) is 4.93. The van der Waals surface area contributed by atoms with Crippen LogP contribution in [0.5, 0.6) is 0 Å². The standard InChI is InChI=1S/C15H22FNO/c16-14-8-6-13(7-9-14)12-17-10-11-18-15-4-2-1-3-5-15/h6-9,15,17H,1-5,10-12H2. The molecular formula is C15H22FNO. The normalized spacial score (nSPS) is 16.9. The lowest BCUT2D eigenvalue weighted by Gasteiger charge is -2.22. The van der Waals surface area contributed by atoms with Gasteiger partial charge in [0.15, 0.2) is 0 Å². The third kappa shape index (κ3) is 4.75. The van der Waals surface area contributed by atoms with E-state index in [0.717, 1.165) is 25.3 Å². The third-order valence-corrected chi connectivity index (χ3v) is 3.43. The maximum atomic E-state index is 12.7. The summed E-state index contributed by atoms with van der Waals surface area (Å²) in [6.07, 6.45) is 6.91. The highest BCUT2D eigenvalue weighted by molar-refractivity contribution is 5.15. The van der Waals surface area contributed by atoms with Crippen molar-refractivity contribution in [2.75, 3.05) is 13.2 Å². The third-order valence-electron chi connectivity index (χ3n) is 3.43. The van der Waals surface area contributed by atoms with Crippen LogP contribution >= 0.6 is 0 Å². The van der Waals surface area contributed by atoms with Gasteiger partial charge in [0, 0.05) is 13.1 Å². The number of ether oxygens (including phenoxy) is 1. The van der Waals surface area contributed by atoms with Crippen LogP contribution in [0.4, 0.5) is 4.39 Å². The van der Waals surface area contributed by atoms with Crippen molar-refractivity contribution in [2.24, 2.45) is 0 Å². The Hall–Kier alpha value is -0.930. The first-order valence-electron chi connectivity index (χ1n) is 6.91. The molecule has 1 fully saturated rings. The van der Waals surface area contributed by atoms with E-state index in [1.54, 1.807) is 0 Å².